The fourth-order valence-corrected chi connectivity index (χ4v) is 1.43. The second-order valence-electron chi connectivity index (χ2n) is 4.35. The first-order chi connectivity index (χ1) is 6.72. The molecule has 0 atom stereocenters. The SMILES string of the molecule is CC(C)(N)CC(F)(F)c1ccccc1F. The molecule has 2 N–H and O–H groups in total. The molecule has 0 aromatic heterocycles. The van der Waals surface area contributed by atoms with Gasteiger partial charge in [-0.05, 0) is 19.9 Å². The number of hydrogen-bond donors (Lipinski definition) is 1. The number of rotatable bonds is 3. The first-order valence-corrected chi connectivity index (χ1v) is 4.64. The van der Waals surface area contributed by atoms with E-state index in [0.29, 0.717) is 0 Å². The maximum Gasteiger partial charge on any atom is 0.277 e. The Hall–Kier alpha value is -1.03. The smallest absolute Gasteiger partial charge is 0.277 e. The molecular formula is C11H14F3N. The second kappa shape index (κ2) is 3.85. The topological polar surface area (TPSA) is 26.0 Å². The molecule has 0 aliphatic heterocycles. The van der Waals surface area contributed by atoms with E-state index in [9.17, 15) is 13.2 Å². The molecule has 0 fully saturated rings. The average molecular weight is 217 g/mol. The Kier molecular flexibility index (Phi) is 3.09. The molecular weight excluding hydrogens is 203 g/mol. The summed E-state index contributed by atoms with van der Waals surface area (Å²) in [5, 5.41) is 0. The highest BCUT2D eigenvalue weighted by atomic mass is 19.3. The molecule has 1 aromatic rings. The van der Waals surface area contributed by atoms with Crippen molar-refractivity contribution in [2.24, 2.45) is 5.73 Å². The van der Waals surface area contributed by atoms with Gasteiger partial charge in [-0.2, -0.15) is 0 Å². The van der Waals surface area contributed by atoms with Gasteiger partial charge in [0.2, 0.25) is 0 Å². The number of nitrogens with two attached hydrogens (primary N) is 1. The Balaban J connectivity index is 3.01. The Labute approximate surface area is 87.1 Å². The molecule has 4 heteroatoms. The van der Waals surface area contributed by atoms with E-state index in [4.69, 9.17) is 5.73 Å². The minimum absolute atomic E-state index is 0.582. The van der Waals surface area contributed by atoms with Crippen LogP contribution >= 0.6 is 0 Å². The third-order valence-electron chi connectivity index (χ3n) is 1.95. The fraction of sp³-hybridized carbons (Fsp3) is 0.455. The third-order valence-corrected chi connectivity index (χ3v) is 1.95. The van der Waals surface area contributed by atoms with Gasteiger partial charge in [0.1, 0.15) is 5.82 Å². The first-order valence-electron chi connectivity index (χ1n) is 4.64. The summed E-state index contributed by atoms with van der Waals surface area (Å²) in [4.78, 5) is 0. The zero-order valence-electron chi connectivity index (χ0n) is 8.73. The highest BCUT2D eigenvalue weighted by Crippen LogP contribution is 2.36. The molecule has 0 unspecified atom stereocenters. The minimum Gasteiger partial charge on any atom is -0.325 e. The lowest BCUT2D eigenvalue weighted by molar-refractivity contribution is -0.0326. The molecule has 0 aliphatic rings. The van der Waals surface area contributed by atoms with Gasteiger partial charge >= 0.3 is 0 Å². The van der Waals surface area contributed by atoms with Gasteiger partial charge in [0.25, 0.3) is 5.92 Å². The van der Waals surface area contributed by atoms with Gasteiger partial charge in [-0.3, -0.25) is 0 Å². The second-order valence-corrected chi connectivity index (χ2v) is 4.35. The third kappa shape index (κ3) is 3.23. The van der Waals surface area contributed by atoms with Crippen molar-refractivity contribution in [3.63, 3.8) is 0 Å². The quantitative estimate of drug-likeness (QED) is 0.827. The molecule has 0 heterocycles. The van der Waals surface area contributed by atoms with Crippen LogP contribution in [-0.4, -0.2) is 5.54 Å². The predicted octanol–water partition coefficient (Wildman–Crippen LogP) is 3.04. The van der Waals surface area contributed by atoms with Crippen molar-refractivity contribution in [2.75, 3.05) is 0 Å². The van der Waals surface area contributed by atoms with E-state index in [2.05, 4.69) is 0 Å². The van der Waals surface area contributed by atoms with E-state index in [-0.39, 0.29) is 0 Å². The lowest BCUT2D eigenvalue weighted by Gasteiger charge is -2.26. The van der Waals surface area contributed by atoms with Crippen LogP contribution in [0.25, 0.3) is 0 Å². The molecule has 1 rings (SSSR count). The molecule has 0 radical (unpaired) electrons. The summed E-state index contributed by atoms with van der Waals surface area (Å²) in [5.74, 6) is -4.13. The van der Waals surface area contributed by atoms with Crippen molar-refractivity contribution in [2.45, 2.75) is 31.7 Å². The van der Waals surface area contributed by atoms with E-state index in [0.717, 1.165) is 12.1 Å². The summed E-state index contributed by atoms with van der Waals surface area (Å²) in [6, 6.07) is 4.87. The van der Waals surface area contributed by atoms with Gasteiger partial charge in [0, 0.05) is 12.0 Å². The number of hydrogen-bond acceptors (Lipinski definition) is 1. The van der Waals surface area contributed by atoms with Crippen LogP contribution in [0.5, 0.6) is 0 Å². The van der Waals surface area contributed by atoms with Crippen LogP contribution in [0, 0.1) is 5.82 Å². The van der Waals surface area contributed by atoms with E-state index in [1.54, 1.807) is 0 Å². The van der Waals surface area contributed by atoms with Crippen molar-refractivity contribution in [3.05, 3.63) is 35.6 Å². The lowest BCUT2D eigenvalue weighted by Crippen LogP contribution is -2.38. The largest absolute Gasteiger partial charge is 0.325 e. The molecule has 0 saturated heterocycles. The van der Waals surface area contributed by atoms with Crippen LogP contribution in [0.4, 0.5) is 13.2 Å². The highest BCUT2D eigenvalue weighted by Gasteiger charge is 2.38. The zero-order valence-corrected chi connectivity index (χ0v) is 8.73. The van der Waals surface area contributed by atoms with Gasteiger partial charge in [0.15, 0.2) is 0 Å². The molecule has 0 spiro atoms. The molecule has 0 aliphatic carbocycles. The normalized spacial score (nSPS) is 12.9. The Morgan fingerprint density at radius 3 is 2.20 bits per heavy atom. The van der Waals surface area contributed by atoms with Gasteiger partial charge < -0.3 is 5.73 Å². The van der Waals surface area contributed by atoms with Crippen molar-refractivity contribution in [3.8, 4) is 0 Å². The van der Waals surface area contributed by atoms with E-state index in [1.165, 1.54) is 26.0 Å². The molecule has 0 amide bonds. The predicted molar refractivity (Wildman–Crippen MR) is 53.2 cm³/mol. The van der Waals surface area contributed by atoms with Gasteiger partial charge in [-0.15, -0.1) is 0 Å². The molecule has 1 aromatic carbocycles. The number of halogens is 3. The summed E-state index contributed by atoms with van der Waals surface area (Å²) in [6.07, 6.45) is -0.582. The highest BCUT2D eigenvalue weighted by molar-refractivity contribution is 5.22. The van der Waals surface area contributed by atoms with E-state index in [1.807, 2.05) is 0 Å². The Morgan fingerprint density at radius 1 is 1.20 bits per heavy atom. The average Bonchev–Trinajstić information content (AvgIpc) is 1.99. The van der Waals surface area contributed by atoms with Crippen LogP contribution < -0.4 is 5.73 Å². The summed E-state index contributed by atoms with van der Waals surface area (Å²) < 4.78 is 40.3. The minimum atomic E-state index is -3.23. The number of benzene rings is 1. The summed E-state index contributed by atoms with van der Waals surface area (Å²) >= 11 is 0. The summed E-state index contributed by atoms with van der Waals surface area (Å²) in [7, 11) is 0. The maximum atomic E-state index is 13.6. The molecule has 84 valence electrons. The number of alkyl halides is 2. The van der Waals surface area contributed by atoms with Crippen molar-refractivity contribution < 1.29 is 13.2 Å². The molecule has 0 saturated carbocycles. The molecule has 0 bridgehead atoms. The van der Waals surface area contributed by atoms with Crippen LogP contribution in [0.3, 0.4) is 0 Å². The van der Waals surface area contributed by atoms with E-state index >= 15 is 0 Å². The fourth-order valence-electron chi connectivity index (χ4n) is 1.43. The monoisotopic (exact) mass is 217 g/mol. The Morgan fingerprint density at radius 2 is 1.73 bits per heavy atom. The Bertz CT molecular complexity index is 342. The van der Waals surface area contributed by atoms with Crippen molar-refractivity contribution >= 4 is 0 Å². The van der Waals surface area contributed by atoms with Crippen molar-refractivity contribution in [1.29, 1.82) is 0 Å². The summed E-state index contributed by atoms with van der Waals surface area (Å²) in [6.45, 7) is 2.98. The van der Waals surface area contributed by atoms with Crippen molar-refractivity contribution in [1.82, 2.24) is 0 Å². The van der Waals surface area contributed by atoms with E-state index < -0.39 is 29.3 Å². The summed E-state index contributed by atoms with van der Waals surface area (Å²) in [5.41, 5.74) is 3.88. The van der Waals surface area contributed by atoms with Gasteiger partial charge in [-0.1, -0.05) is 18.2 Å². The zero-order chi connectivity index (χ0) is 11.7. The van der Waals surface area contributed by atoms with Crippen LogP contribution in [-0.2, 0) is 5.92 Å². The molecule has 15 heavy (non-hydrogen) atoms. The lowest BCUT2D eigenvalue weighted by atomic mass is 9.93. The van der Waals surface area contributed by atoms with Crippen LogP contribution in [0.15, 0.2) is 24.3 Å². The van der Waals surface area contributed by atoms with Crippen LogP contribution in [0.2, 0.25) is 0 Å². The molecule has 1 nitrogen and oxygen atoms in total. The standard InChI is InChI=1S/C11H14F3N/c1-10(2,15)7-11(13,14)8-5-3-4-6-9(8)12/h3-6H,7,15H2,1-2H3. The van der Waals surface area contributed by atoms with Crippen LogP contribution in [0.1, 0.15) is 25.8 Å². The van der Waals surface area contributed by atoms with Gasteiger partial charge in [-0.25, -0.2) is 13.2 Å². The first kappa shape index (κ1) is 12.0. The van der Waals surface area contributed by atoms with Gasteiger partial charge in [0.05, 0.1) is 5.56 Å². The maximum absolute atomic E-state index is 13.6.